The number of fused-ring (bicyclic) bond motifs is 7. The van der Waals surface area contributed by atoms with E-state index in [0.717, 1.165) is 42.7 Å². The van der Waals surface area contributed by atoms with Crippen LogP contribution in [0, 0.1) is 45.3 Å². The van der Waals surface area contributed by atoms with Gasteiger partial charge in [0.2, 0.25) is 0 Å². The first-order valence-electron chi connectivity index (χ1n) is 13.0. The molecule has 1 amide bonds. The van der Waals surface area contributed by atoms with Crippen LogP contribution >= 0.6 is 0 Å². The second kappa shape index (κ2) is 7.20. The number of amidine groups is 1. The number of allylic oxidation sites excluding steroid dienone is 1. The number of nitriles is 2. The lowest BCUT2D eigenvalue weighted by atomic mass is 9.43. The predicted molar refractivity (Wildman–Crippen MR) is 129 cm³/mol. The van der Waals surface area contributed by atoms with Crippen molar-refractivity contribution in [2.75, 3.05) is 12.0 Å². The molecule has 3 fully saturated rings. The molecule has 0 N–H and O–H groups in total. The second-order valence-corrected chi connectivity index (χ2v) is 10.9. The highest BCUT2D eigenvalue weighted by atomic mass is 16.5. The third-order valence-corrected chi connectivity index (χ3v) is 9.68. The minimum absolute atomic E-state index is 0.00677. The molecule has 1 aromatic rings. The van der Waals surface area contributed by atoms with Crippen molar-refractivity contribution in [3.8, 4) is 17.9 Å². The highest BCUT2D eigenvalue weighted by Crippen LogP contribution is 2.68. The Hall–Kier alpha value is -3.65. The second-order valence-electron chi connectivity index (χ2n) is 10.9. The molecule has 1 aromatic carbocycles. The van der Waals surface area contributed by atoms with E-state index >= 15 is 0 Å². The molecule has 0 spiro atoms. The number of anilines is 1. The van der Waals surface area contributed by atoms with Crippen molar-refractivity contribution < 1.29 is 14.3 Å². The van der Waals surface area contributed by atoms with Crippen LogP contribution < -0.4 is 9.64 Å². The summed E-state index contributed by atoms with van der Waals surface area (Å²) in [6.07, 6.45) is 4.86. The monoisotopic (exact) mass is 481 g/mol. The topological polar surface area (TPSA) is 110 Å². The Labute approximate surface area is 209 Å². The maximum atomic E-state index is 14.6. The number of Topliss-reactive ketones (excluding diaryl/α,β-unsaturated/α-hetero) is 1. The lowest BCUT2D eigenvalue weighted by Gasteiger charge is -2.64. The molecule has 182 valence electrons. The van der Waals surface area contributed by atoms with Gasteiger partial charge < -0.3 is 9.64 Å². The largest absolute Gasteiger partial charge is 0.497 e. The van der Waals surface area contributed by atoms with Crippen LogP contribution in [0.25, 0.3) is 0 Å². The number of hydrogen-bond acceptors (Lipinski definition) is 7. The lowest BCUT2D eigenvalue weighted by Crippen LogP contribution is -2.76. The molecule has 6 atom stereocenters. The van der Waals surface area contributed by atoms with Crippen molar-refractivity contribution in [3.63, 3.8) is 0 Å². The van der Waals surface area contributed by atoms with Gasteiger partial charge in [-0.1, -0.05) is 6.42 Å². The zero-order chi connectivity index (χ0) is 24.8. The summed E-state index contributed by atoms with van der Waals surface area (Å²) in [6, 6.07) is 12.8. The van der Waals surface area contributed by atoms with Crippen LogP contribution in [-0.4, -0.2) is 41.9 Å². The molecule has 8 nitrogen and oxygen atoms in total. The van der Waals surface area contributed by atoms with E-state index in [1.807, 2.05) is 24.3 Å². The van der Waals surface area contributed by atoms with Gasteiger partial charge in [-0.15, -0.1) is 0 Å². The van der Waals surface area contributed by atoms with Gasteiger partial charge >= 0.3 is 0 Å². The van der Waals surface area contributed by atoms with Crippen LogP contribution in [0.2, 0.25) is 0 Å². The van der Waals surface area contributed by atoms with E-state index in [-0.39, 0.29) is 24.0 Å². The third kappa shape index (κ3) is 2.27. The van der Waals surface area contributed by atoms with Crippen LogP contribution in [-0.2, 0) is 9.59 Å². The minimum atomic E-state index is -1.40. The molecule has 6 bridgehead atoms. The SMILES string of the molecule is COc1ccc(N2C3CCCC2N2C(=O)C4(C#N)C5CCCC4C(C#N)(C2=N3)C2=C5C(=O)CC2)cc1. The van der Waals surface area contributed by atoms with Crippen molar-refractivity contribution in [1.82, 2.24) is 4.90 Å². The quantitative estimate of drug-likeness (QED) is 0.637. The van der Waals surface area contributed by atoms with E-state index in [1.54, 1.807) is 12.0 Å². The summed E-state index contributed by atoms with van der Waals surface area (Å²) >= 11 is 0. The highest BCUT2D eigenvalue weighted by Gasteiger charge is 2.75. The first-order valence-corrected chi connectivity index (χ1v) is 13.0. The Kier molecular flexibility index (Phi) is 4.32. The lowest BCUT2D eigenvalue weighted by molar-refractivity contribution is -0.153. The number of carbonyl (C=O) groups excluding carboxylic acids is 2. The molecular formula is C28H27N5O3. The van der Waals surface area contributed by atoms with Crippen molar-refractivity contribution in [1.29, 1.82) is 10.5 Å². The molecule has 36 heavy (non-hydrogen) atoms. The number of rotatable bonds is 2. The molecule has 1 saturated carbocycles. The normalized spacial score (nSPS) is 38.0. The molecule has 8 heteroatoms. The van der Waals surface area contributed by atoms with Gasteiger partial charge in [0, 0.05) is 29.5 Å². The Morgan fingerprint density at radius 3 is 2.53 bits per heavy atom. The summed E-state index contributed by atoms with van der Waals surface area (Å²) < 4.78 is 5.34. The molecule has 6 aliphatic rings. The predicted octanol–water partition coefficient (Wildman–Crippen LogP) is 3.70. The van der Waals surface area contributed by atoms with Crippen LogP contribution in [0.4, 0.5) is 5.69 Å². The smallest absolute Gasteiger partial charge is 0.251 e. The van der Waals surface area contributed by atoms with E-state index in [1.165, 1.54) is 0 Å². The summed E-state index contributed by atoms with van der Waals surface area (Å²) in [5.74, 6) is 0.0927. The molecular weight excluding hydrogens is 454 g/mol. The number of aliphatic imine (C=N–C) groups is 1. The average Bonchev–Trinajstić information content (AvgIpc) is 3.29. The molecule has 3 aliphatic heterocycles. The number of ketones is 1. The van der Waals surface area contributed by atoms with E-state index in [9.17, 15) is 20.1 Å². The van der Waals surface area contributed by atoms with Crippen LogP contribution in [0.5, 0.6) is 5.75 Å². The summed E-state index contributed by atoms with van der Waals surface area (Å²) in [6.45, 7) is 0. The minimum Gasteiger partial charge on any atom is -0.497 e. The van der Waals surface area contributed by atoms with Gasteiger partial charge in [0.1, 0.15) is 34.7 Å². The first kappa shape index (κ1) is 21.6. The molecule has 2 saturated heterocycles. The number of hydrogen-bond donors (Lipinski definition) is 0. The van der Waals surface area contributed by atoms with Gasteiger partial charge in [0.25, 0.3) is 5.91 Å². The number of ether oxygens (including phenoxy) is 1. The summed E-state index contributed by atoms with van der Waals surface area (Å²) in [5, 5.41) is 21.7. The number of amides is 1. The molecule has 6 unspecified atom stereocenters. The van der Waals surface area contributed by atoms with E-state index in [0.29, 0.717) is 37.1 Å². The number of methoxy groups -OCH3 is 1. The van der Waals surface area contributed by atoms with Gasteiger partial charge in [-0.05, 0) is 68.4 Å². The van der Waals surface area contributed by atoms with Gasteiger partial charge in [0.15, 0.2) is 5.78 Å². The number of carbonyl (C=O) groups is 2. The third-order valence-electron chi connectivity index (χ3n) is 9.68. The van der Waals surface area contributed by atoms with E-state index in [2.05, 4.69) is 17.0 Å². The number of benzene rings is 1. The van der Waals surface area contributed by atoms with Gasteiger partial charge in [-0.2, -0.15) is 10.5 Å². The van der Waals surface area contributed by atoms with Gasteiger partial charge in [-0.25, -0.2) is 4.99 Å². The van der Waals surface area contributed by atoms with E-state index < -0.39 is 22.7 Å². The maximum Gasteiger partial charge on any atom is 0.251 e. The summed E-state index contributed by atoms with van der Waals surface area (Å²) in [5.41, 5.74) is -0.205. The molecule has 7 rings (SSSR count). The van der Waals surface area contributed by atoms with Gasteiger partial charge in [-0.3, -0.25) is 14.5 Å². The van der Waals surface area contributed by atoms with Gasteiger partial charge in [0.05, 0.1) is 19.2 Å². The fourth-order valence-electron chi connectivity index (χ4n) is 8.35. The fraction of sp³-hybridized carbons (Fsp3) is 0.536. The van der Waals surface area contributed by atoms with Crippen molar-refractivity contribution >= 4 is 23.2 Å². The van der Waals surface area contributed by atoms with Crippen molar-refractivity contribution in [2.24, 2.45) is 27.7 Å². The van der Waals surface area contributed by atoms with Crippen LogP contribution in [0.15, 0.2) is 40.4 Å². The Balaban J connectivity index is 1.49. The molecule has 3 aliphatic carbocycles. The first-order chi connectivity index (χ1) is 17.5. The van der Waals surface area contributed by atoms with Crippen molar-refractivity contribution in [3.05, 3.63) is 35.4 Å². The fourth-order valence-corrected chi connectivity index (χ4v) is 8.35. The summed E-state index contributed by atoms with van der Waals surface area (Å²) in [4.78, 5) is 36.8. The maximum absolute atomic E-state index is 14.6. The Bertz CT molecular complexity index is 1350. The summed E-state index contributed by atoms with van der Waals surface area (Å²) in [7, 11) is 1.63. The standard InChI is InChI=1S/C28H27N5O3/c1-36-17-10-8-16(9-11-17)32-22-6-3-7-23(32)33-25(31-22)27(14-29)19-12-13-20(34)24(19)18-4-2-5-21(27)28(18,15-30)26(33)35/h8-11,18,21-23H,2-7,12-13H2,1H3. The Morgan fingerprint density at radius 1 is 1.03 bits per heavy atom. The molecule has 0 radical (unpaired) electrons. The average molecular weight is 482 g/mol. The van der Waals surface area contributed by atoms with E-state index in [4.69, 9.17) is 9.73 Å². The molecule has 3 heterocycles. The molecule has 0 aromatic heterocycles. The highest BCUT2D eigenvalue weighted by molar-refractivity contribution is 6.15. The van der Waals surface area contributed by atoms with Crippen LogP contribution in [0.3, 0.4) is 0 Å². The zero-order valence-corrected chi connectivity index (χ0v) is 20.2. The number of piperidine rings is 2. The van der Waals surface area contributed by atoms with Crippen LogP contribution in [0.1, 0.15) is 51.4 Å². The Morgan fingerprint density at radius 2 is 1.81 bits per heavy atom. The zero-order valence-electron chi connectivity index (χ0n) is 20.2. The van der Waals surface area contributed by atoms with Crippen molar-refractivity contribution in [2.45, 2.75) is 63.7 Å². The number of nitrogens with zero attached hydrogens (tertiary/aromatic N) is 5.